The molecule has 1 amide bonds. The van der Waals surface area contributed by atoms with Gasteiger partial charge >= 0.3 is 5.97 Å². The van der Waals surface area contributed by atoms with Crippen LogP contribution in [0.25, 0.3) is 0 Å². The number of rotatable bonds is 5. The van der Waals surface area contributed by atoms with E-state index in [1.165, 1.54) is 25.7 Å². The zero-order valence-electron chi connectivity index (χ0n) is 16.6. The number of hydrogen-bond donors (Lipinski definition) is 1. The van der Waals surface area contributed by atoms with Gasteiger partial charge in [0, 0.05) is 17.9 Å². The molecule has 148 valence electrons. The molecule has 6 heteroatoms. The molecule has 0 aromatic heterocycles. The number of likely N-dealkylation sites (N-methyl/N-ethyl adjacent to an activating group) is 1. The zero-order chi connectivity index (χ0) is 19.7. The largest absolute Gasteiger partial charge is 0.462 e. The van der Waals surface area contributed by atoms with Crippen LogP contribution in [0, 0.1) is 6.92 Å². The number of benzene rings is 1. The quantitative estimate of drug-likeness (QED) is 0.598. The molecule has 1 aromatic rings. The average Bonchev–Trinajstić information content (AvgIpc) is 3.43. The molecule has 1 heterocycles. The number of carbonyl (C=O) groups excluding carboxylic acids is 2. The molecule has 27 heavy (non-hydrogen) atoms. The molecule has 1 N–H and O–H groups in total. The lowest BCUT2D eigenvalue weighted by Gasteiger charge is -2.41. The maximum Gasteiger partial charge on any atom is 0.340 e. The number of hydrogen-bond acceptors (Lipinski definition) is 3. The maximum absolute atomic E-state index is 13.4. The molecule has 1 aliphatic carbocycles. The highest BCUT2D eigenvalue weighted by Crippen LogP contribution is 2.48. The molecule has 1 aliphatic heterocycles. The predicted octanol–water partition coefficient (Wildman–Crippen LogP) is 4.32. The van der Waals surface area contributed by atoms with E-state index in [4.69, 9.17) is 16.3 Å². The van der Waals surface area contributed by atoms with Crippen LogP contribution in [0.15, 0.2) is 12.1 Å². The third kappa shape index (κ3) is 3.85. The normalized spacial score (nSPS) is 20.4. The fourth-order valence-electron chi connectivity index (χ4n) is 4.45. The predicted molar refractivity (Wildman–Crippen MR) is 107 cm³/mol. The summed E-state index contributed by atoms with van der Waals surface area (Å²) >= 11 is 6.14. The average molecular weight is 394 g/mol. The van der Waals surface area contributed by atoms with Crippen LogP contribution in [0.3, 0.4) is 0 Å². The second-order valence-corrected chi connectivity index (χ2v) is 8.55. The number of nitrogens with one attached hydrogen (secondary N) is 1. The Morgan fingerprint density at radius 1 is 1.19 bits per heavy atom. The van der Waals surface area contributed by atoms with E-state index < -0.39 is 5.97 Å². The molecule has 0 unspecified atom stereocenters. The van der Waals surface area contributed by atoms with Crippen molar-refractivity contribution in [2.75, 3.05) is 32.1 Å². The highest BCUT2D eigenvalue weighted by molar-refractivity contribution is 6.31. The van der Waals surface area contributed by atoms with Gasteiger partial charge in [-0.05, 0) is 57.2 Å². The first-order valence-corrected chi connectivity index (χ1v) is 10.3. The molecular formula is C21H30ClN2O3+. The summed E-state index contributed by atoms with van der Waals surface area (Å²) in [5.74, 6) is -0.443. The van der Waals surface area contributed by atoms with Gasteiger partial charge in [0.15, 0.2) is 5.54 Å². The second-order valence-electron chi connectivity index (χ2n) is 8.11. The van der Waals surface area contributed by atoms with E-state index in [-0.39, 0.29) is 18.1 Å². The van der Waals surface area contributed by atoms with E-state index >= 15 is 0 Å². The van der Waals surface area contributed by atoms with Crippen molar-refractivity contribution in [1.82, 2.24) is 0 Å². The lowest BCUT2D eigenvalue weighted by molar-refractivity contribution is -0.933. The van der Waals surface area contributed by atoms with E-state index in [9.17, 15) is 9.59 Å². The van der Waals surface area contributed by atoms with E-state index in [2.05, 4.69) is 12.4 Å². The van der Waals surface area contributed by atoms with Gasteiger partial charge in [-0.1, -0.05) is 11.6 Å². The standard InChI is InChI=1S/C21H29ClN2O3/c1-4-27-19(25)17-14-16(22)13-15(2)18(17)23-20(26)21(9-10-21)24(3)11-7-5-6-8-12-24/h13-14H,4-12H2,1-3H3/p+1. The molecule has 2 aliphatic rings. The van der Waals surface area contributed by atoms with Gasteiger partial charge in [0.05, 0.1) is 38.0 Å². The monoisotopic (exact) mass is 393 g/mol. The summed E-state index contributed by atoms with van der Waals surface area (Å²) in [4.78, 5) is 25.8. The van der Waals surface area contributed by atoms with Crippen LogP contribution in [0.2, 0.25) is 5.02 Å². The Kier molecular flexibility index (Phi) is 5.82. The first kappa shape index (κ1) is 20.2. The Labute approximate surface area is 166 Å². The van der Waals surface area contributed by atoms with Crippen molar-refractivity contribution >= 4 is 29.2 Å². The Hall–Kier alpha value is -1.59. The topological polar surface area (TPSA) is 55.4 Å². The van der Waals surface area contributed by atoms with Crippen LogP contribution in [0.4, 0.5) is 5.69 Å². The third-order valence-electron chi connectivity index (χ3n) is 6.27. The number of halogens is 1. The summed E-state index contributed by atoms with van der Waals surface area (Å²) in [5, 5.41) is 3.54. The van der Waals surface area contributed by atoms with Crippen molar-refractivity contribution in [3.05, 3.63) is 28.3 Å². The minimum absolute atomic E-state index is 0.0165. The van der Waals surface area contributed by atoms with Crippen LogP contribution in [0.1, 0.15) is 61.4 Å². The molecule has 1 saturated carbocycles. The van der Waals surface area contributed by atoms with Crippen molar-refractivity contribution in [1.29, 1.82) is 0 Å². The lowest BCUT2D eigenvalue weighted by atomic mass is 10.1. The van der Waals surface area contributed by atoms with Crippen LogP contribution in [0.5, 0.6) is 0 Å². The van der Waals surface area contributed by atoms with Crippen LogP contribution < -0.4 is 5.32 Å². The van der Waals surface area contributed by atoms with Gasteiger partial charge in [-0.2, -0.15) is 0 Å². The van der Waals surface area contributed by atoms with Gasteiger partial charge in [0.1, 0.15) is 0 Å². The molecule has 3 rings (SSSR count). The summed E-state index contributed by atoms with van der Waals surface area (Å²) in [6.07, 6.45) is 6.62. The Morgan fingerprint density at radius 2 is 1.81 bits per heavy atom. The summed E-state index contributed by atoms with van der Waals surface area (Å²) < 4.78 is 5.97. The molecule has 0 bridgehead atoms. The molecule has 2 fully saturated rings. The van der Waals surface area contributed by atoms with Crippen LogP contribution >= 0.6 is 11.6 Å². The van der Waals surface area contributed by atoms with Gasteiger partial charge < -0.3 is 14.5 Å². The maximum atomic E-state index is 13.4. The van der Waals surface area contributed by atoms with Crippen LogP contribution in [-0.2, 0) is 9.53 Å². The molecule has 5 nitrogen and oxygen atoms in total. The Balaban J connectivity index is 1.89. The van der Waals surface area contributed by atoms with Crippen molar-refractivity contribution < 1.29 is 18.8 Å². The second kappa shape index (κ2) is 7.80. The van der Waals surface area contributed by atoms with Gasteiger partial charge in [0.2, 0.25) is 0 Å². The lowest BCUT2D eigenvalue weighted by Crippen LogP contribution is -2.60. The number of carbonyl (C=O) groups is 2. The fourth-order valence-corrected chi connectivity index (χ4v) is 4.73. The summed E-state index contributed by atoms with van der Waals surface area (Å²) in [5.41, 5.74) is 1.25. The van der Waals surface area contributed by atoms with E-state index in [0.717, 1.165) is 36.0 Å². The van der Waals surface area contributed by atoms with Gasteiger partial charge in [-0.25, -0.2) is 4.79 Å². The van der Waals surface area contributed by atoms with E-state index in [0.29, 0.717) is 16.3 Å². The molecule has 0 spiro atoms. The Bertz CT molecular complexity index is 735. The number of anilines is 1. The van der Waals surface area contributed by atoms with Crippen LogP contribution in [-0.4, -0.2) is 48.6 Å². The van der Waals surface area contributed by atoms with Crippen molar-refractivity contribution in [2.45, 2.75) is 57.9 Å². The first-order chi connectivity index (χ1) is 12.8. The summed E-state index contributed by atoms with van der Waals surface area (Å²) in [6, 6.07) is 3.34. The van der Waals surface area contributed by atoms with E-state index in [1.807, 2.05) is 6.92 Å². The highest BCUT2D eigenvalue weighted by Gasteiger charge is 2.63. The number of amides is 1. The number of aryl methyl sites for hydroxylation is 1. The van der Waals surface area contributed by atoms with Gasteiger partial charge in [-0.3, -0.25) is 4.79 Å². The number of ether oxygens (including phenoxy) is 1. The molecule has 0 radical (unpaired) electrons. The van der Waals surface area contributed by atoms with Crippen molar-refractivity contribution in [2.24, 2.45) is 0 Å². The molecule has 1 saturated heterocycles. The number of nitrogens with zero attached hydrogens (tertiary/aromatic N) is 1. The van der Waals surface area contributed by atoms with Gasteiger partial charge in [0.25, 0.3) is 5.91 Å². The minimum atomic E-state index is -0.460. The van der Waals surface area contributed by atoms with E-state index in [1.54, 1.807) is 19.1 Å². The summed E-state index contributed by atoms with van der Waals surface area (Å²) in [7, 11) is 2.22. The molecule has 0 atom stereocenters. The number of quaternary nitrogens is 1. The van der Waals surface area contributed by atoms with Crippen molar-refractivity contribution in [3.63, 3.8) is 0 Å². The molecule has 1 aromatic carbocycles. The smallest absolute Gasteiger partial charge is 0.340 e. The highest BCUT2D eigenvalue weighted by atomic mass is 35.5. The summed E-state index contributed by atoms with van der Waals surface area (Å²) in [6.45, 7) is 5.97. The third-order valence-corrected chi connectivity index (χ3v) is 6.49. The molecular weight excluding hydrogens is 364 g/mol. The fraction of sp³-hybridized carbons (Fsp3) is 0.619. The Morgan fingerprint density at radius 3 is 2.37 bits per heavy atom. The van der Waals surface area contributed by atoms with Crippen molar-refractivity contribution in [3.8, 4) is 0 Å². The zero-order valence-corrected chi connectivity index (χ0v) is 17.3. The van der Waals surface area contributed by atoms with Gasteiger partial charge in [-0.15, -0.1) is 0 Å². The number of likely N-dealkylation sites (tertiary alicyclic amines) is 1. The SMILES string of the molecule is CCOC(=O)c1cc(Cl)cc(C)c1NC(=O)C1([N+]2(C)CCCCCC2)CC1. The number of esters is 1. The first-order valence-electron chi connectivity index (χ1n) is 9.96. The minimum Gasteiger partial charge on any atom is -0.462 e.